The van der Waals surface area contributed by atoms with Crippen LogP contribution in [-0.4, -0.2) is 60.7 Å². The number of aliphatic hydroxyl groups is 1. The number of alkyl halides is 6. The number of rotatable bonds is 7. The first-order chi connectivity index (χ1) is 19.1. The Balaban J connectivity index is 1.82. The summed E-state index contributed by atoms with van der Waals surface area (Å²) >= 11 is 0. The zero-order valence-electron chi connectivity index (χ0n) is 21.2. The molecule has 1 unspecified atom stereocenters. The molecule has 4 N–H and O–H groups in total. The van der Waals surface area contributed by atoms with Gasteiger partial charge in [0.15, 0.2) is 22.8 Å². The Bertz CT molecular complexity index is 1470. The predicted molar refractivity (Wildman–Crippen MR) is 127 cm³/mol. The number of pyridine rings is 2. The summed E-state index contributed by atoms with van der Waals surface area (Å²) in [6.07, 6.45) is -9.71. The molecule has 3 aromatic rings. The Morgan fingerprint density at radius 2 is 1.73 bits per heavy atom. The molecule has 0 fully saturated rings. The van der Waals surface area contributed by atoms with Crippen LogP contribution in [0.25, 0.3) is 11.3 Å². The summed E-state index contributed by atoms with van der Waals surface area (Å²) in [5.41, 5.74) is -5.09. The standard InChI is InChI=1S/C25H21F7N4O5/c1-39-16-8-15(34-9-17(16)40-2)21(37)35-10-23(38,25(30,31)32)18-7-14-20(41-11-22(14,33)24(27,28)29)19(36-18)12-3-5-13(26)6-4-12/h3-9,38H,10-11,33H2,1-2H3,(H,35,37)/t22-,23?/m0/s1. The number of carbonyl (C=O) groups excluding carboxylic acids is 1. The van der Waals surface area contributed by atoms with E-state index in [0.717, 1.165) is 36.5 Å². The normalized spacial score (nSPS) is 18.2. The van der Waals surface area contributed by atoms with E-state index in [2.05, 4.69) is 9.97 Å². The number of halogens is 7. The summed E-state index contributed by atoms with van der Waals surface area (Å²) in [6, 6.07) is 5.29. The minimum absolute atomic E-state index is 0.0226. The van der Waals surface area contributed by atoms with Crippen LogP contribution >= 0.6 is 0 Å². The molecule has 2 aromatic heterocycles. The second-order valence-electron chi connectivity index (χ2n) is 8.96. The summed E-state index contributed by atoms with van der Waals surface area (Å²) in [4.78, 5) is 20.2. The van der Waals surface area contributed by atoms with Gasteiger partial charge < -0.3 is 30.4 Å². The topological polar surface area (TPSA) is 129 Å². The van der Waals surface area contributed by atoms with Gasteiger partial charge in [-0.2, -0.15) is 26.3 Å². The van der Waals surface area contributed by atoms with E-state index < -0.39 is 76.8 Å². The van der Waals surface area contributed by atoms with Gasteiger partial charge >= 0.3 is 12.4 Å². The molecule has 0 saturated heterocycles. The van der Waals surface area contributed by atoms with Crippen LogP contribution in [0.2, 0.25) is 0 Å². The van der Waals surface area contributed by atoms with Gasteiger partial charge in [-0.3, -0.25) is 4.79 Å². The number of ether oxygens (including phenoxy) is 3. The SMILES string of the molecule is COc1cnc(C(=O)NCC(O)(c2cc3c(c(-c4ccc(F)cc4)n2)OC[C@@]3(N)C(F)(F)F)C(F)(F)F)cc1OC. The number of aromatic nitrogens is 2. The van der Waals surface area contributed by atoms with Gasteiger partial charge in [-0.05, 0) is 30.3 Å². The van der Waals surface area contributed by atoms with Crippen molar-refractivity contribution in [3.63, 3.8) is 0 Å². The molecule has 2 atom stereocenters. The Morgan fingerprint density at radius 3 is 2.29 bits per heavy atom. The molecule has 0 spiro atoms. The zero-order valence-corrected chi connectivity index (χ0v) is 21.2. The molecule has 0 saturated carbocycles. The lowest BCUT2D eigenvalue weighted by Gasteiger charge is -2.32. The Labute approximate surface area is 227 Å². The largest absolute Gasteiger partial charge is 0.493 e. The highest BCUT2D eigenvalue weighted by atomic mass is 19.4. The fourth-order valence-electron chi connectivity index (χ4n) is 4.02. The summed E-state index contributed by atoms with van der Waals surface area (Å²) in [6.45, 7) is -2.79. The van der Waals surface area contributed by atoms with E-state index in [1.54, 1.807) is 0 Å². The van der Waals surface area contributed by atoms with Crippen molar-refractivity contribution in [1.29, 1.82) is 0 Å². The third-order valence-electron chi connectivity index (χ3n) is 6.42. The number of nitrogens with one attached hydrogen (secondary N) is 1. The van der Waals surface area contributed by atoms with Crippen molar-refractivity contribution >= 4 is 5.91 Å². The van der Waals surface area contributed by atoms with Gasteiger partial charge in [0.2, 0.25) is 5.60 Å². The lowest BCUT2D eigenvalue weighted by molar-refractivity contribution is -0.265. The van der Waals surface area contributed by atoms with Gasteiger partial charge in [-0.25, -0.2) is 14.4 Å². The first kappa shape index (κ1) is 29.8. The summed E-state index contributed by atoms with van der Waals surface area (Å²) in [5, 5.41) is 12.8. The Morgan fingerprint density at radius 1 is 1.10 bits per heavy atom. The van der Waals surface area contributed by atoms with Crippen molar-refractivity contribution in [2.45, 2.75) is 23.5 Å². The zero-order chi connectivity index (χ0) is 30.4. The molecule has 0 radical (unpaired) electrons. The Kier molecular flexibility index (Phi) is 7.51. The van der Waals surface area contributed by atoms with Crippen LogP contribution in [-0.2, 0) is 11.1 Å². The number of nitrogens with two attached hydrogens (primary N) is 1. The van der Waals surface area contributed by atoms with E-state index in [9.17, 15) is 40.6 Å². The number of hydrogen-bond donors (Lipinski definition) is 3. The van der Waals surface area contributed by atoms with Gasteiger partial charge in [-0.1, -0.05) is 0 Å². The van der Waals surface area contributed by atoms with Crippen molar-refractivity contribution < 1.29 is 54.8 Å². The lowest BCUT2D eigenvalue weighted by Crippen LogP contribution is -2.53. The van der Waals surface area contributed by atoms with Crippen LogP contribution in [0.15, 0.2) is 42.6 Å². The van der Waals surface area contributed by atoms with Crippen LogP contribution in [0.3, 0.4) is 0 Å². The summed E-state index contributed by atoms with van der Waals surface area (Å²) < 4.78 is 114. The maximum Gasteiger partial charge on any atom is 0.424 e. The number of hydrogen-bond acceptors (Lipinski definition) is 8. The average molecular weight is 590 g/mol. The number of amides is 1. The molecule has 1 aliphatic rings. The maximum atomic E-state index is 14.4. The van der Waals surface area contributed by atoms with Gasteiger partial charge in [-0.15, -0.1) is 0 Å². The highest BCUT2D eigenvalue weighted by Gasteiger charge is 2.61. The molecule has 3 heterocycles. The molecule has 16 heteroatoms. The molecule has 1 amide bonds. The van der Waals surface area contributed by atoms with E-state index in [4.69, 9.17) is 19.9 Å². The Hall–Kier alpha value is -4.18. The van der Waals surface area contributed by atoms with Gasteiger partial charge in [0, 0.05) is 17.2 Å². The highest BCUT2D eigenvalue weighted by Crippen LogP contribution is 2.50. The van der Waals surface area contributed by atoms with E-state index in [1.807, 2.05) is 5.32 Å². The van der Waals surface area contributed by atoms with Crippen LogP contribution in [0.5, 0.6) is 17.2 Å². The molecule has 1 aromatic carbocycles. The van der Waals surface area contributed by atoms with Crippen LogP contribution in [0, 0.1) is 5.82 Å². The third kappa shape index (κ3) is 5.19. The van der Waals surface area contributed by atoms with Gasteiger partial charge in [0.1, 0.15) is 23.8 Å². The number of nitrogens with zero attached hydrogens (tertiary/aromatic N) is 2. The smallest absolute Gasteiger partial charge is 0.424 e. The quantitative estimate of drug-likeness (QED) is 0.357. The fraction of sp³-hybridized carbons (Fsp3) is 0.320. The lowest BCUT2D eigenvalue weighted by atomic mass is 9.87. The first-order valence-electron chi connectivity index (χ1n) is 11.5. The predicted octanol–water partition coefficient (Wildman–Crippen LogP) is 3.59. The number of carbonyl (C=O) groups is 1. The molecule has 4 rings (SSSR count). The third-order valence-corrected chi connectivity index (χ3v) is 6.42. The van der Waals surface area contributed by atoms with E-state index in [1.165, 1.54) is 14.2 Å². The second-order valence-corrected chi connectivity index (χ2v) is 8.96. The van der Waals surface area contributed by atoms with Gasteiger partial charge in [0.05, 0.1) is 32.7 Å². The molecular weight excluding hydrogens is 569 g/mol. The van der Waals surface area contributed by atoms with E-state index in [-0.39, 0.29) is 17.1 Å². The monoisotopic (exact) mass is 590 g/mol. The minimum Gasteiger partial charge on any atom is -0.493 e. The first-order valence-corrected chi connectivity index (χ1v) is 11.5. The highest BCUT2D eigenvalue weighted by molar-refractivity contribution is 5.92. The van der Waals surface area contributed by atoms with Crippen LogP contribution in [0.1, 0.15) is 21.7 Å². The molecule has 220 valence electrons. The van der Waals surface area contributed by atoms with Crippen molar-refractivity contribution in [2.75, 3.05) is 27.4 Å². The molecule has 9 nitrogen and oxygen atoms in total. The minimum atomic E-state index is -5.58. The number of fused-ring (bicyclic) bond motifs is 1. The molecule has 0 bridgehead atoms. The molecule has 0 aliphatic carbocycles. The van der Waals surface area contributed by atoms with E-state index in [0.29, 0.717) is 6.07 Å². The fourth-order valence-corrected chi connectivity index (χ4v) is 4.02. The van der Waals surface area contributed by atoms with Crippen LogP contribution < -0.4 is 25.3 Å². The average Bonchev–Trinajstić information content (AvgIpc) is 3.28. The van der Waals surface area contributed by atoms with Crippen molar-refractivity contribution in [1.82, 2.24) is 15.3 Å². The molecular formula is C25H21F7N4O5. The number of methoxy groups -OCH3 is 2. The van der Waals surface area contributed by atoms with Crippen molar-refractivity contribution in [2.24, 2.45) is 5.73 Å². The van der Waals surface area contributed by atoms with Crippen molar-refractivity contribution in [3.05, 3.63) is 65.4 Å². The van der Waals surface area contributed by atoms with Crippen molar-refractivity contribution in [3.8, 4) is 28.5 Å². The van der Waals surface area contributed by atoms with Gasteiger partial charge in [0.25, 0.3) is 5.91 Å². The summed E-state index contributed by atoms with van der Waals surface area (Å²) in [5.74, 6) is -2.40. The summed E-state index contributed by atoms with van der Waals surface area (Å²) in [7, 11) is 2.52. The van der Waals surface area contributed by atoms with E-state index >= 15 is 0 Å². The van der Waals surface area contributed by atoms with Crippen LogP contribution in [0.4, 0.5) is 30.7 Å². The molecule has 1 aliphatic heterocycles. The molecule has 41 heavy (non-hydrogen) atoms. The second kappa shape index (κ2) is 10.3. The number of benzene rings is 1. The maximum absolute atomic E-state index is 14.4.